The van der Waals surface area contributed by atoms with Gasteiger partial charge in [0, 0.05) is 0 Å². The Morgan fingerprint density at radius 3 is 2.58 bits per heavy atom. The molecule has 0 amide bonds. The highest BCUT2D eigenvalue weighted by atomic mass is 36.0. The summed E-state index contributed by atoms with van der Waals surface area (Å²) in [4.78, 5) is 4.14. The van der Waals surface area contributed by atoms with Crippen molar-refractivity contribution in [3.63, 3.8) is 0 Å². The Bertz CT molecular complexity index is 306. The third-order valence-corrected chi connectivity index (χ3v) is 2.05. The van der Waals surface area contributed by atoms with Crippen LogP contribution in [-0.4, -0.2) is 4.98 Å². The van der Waals surface area contributed by atoms with Crippen LogP contribution >= 0.6 is 42.9 Å². The number of para-hydroxylation sites is 1. The van der Waals surface area contributed by atoms with Crippen molar-refractivity contribution in [2.45, 2.75) is 0 Å². The van der Waals surface area contributed by atoms with E-state index < -0.39 is 0 Å². The number of halogens is 2. The zero-order valence-electron chi connectivity index (χ0n) is 5.91. The summed E-state index contributed by atoms with van der Waals surface area (Å²) in [7, 11) is 10.1. The van der Waals surface area contributed by atoms with Crippen molar-refractivity contribution >= 4 is 53.1 Å². The highest BCUT2D eigenvalue weighted by molar-refractivity contribution is 8.38. The van der Waals surface area contributed by atoms with Gasteiger partial charge in [-0.2, -0.15) is 0 Å². The predicted molar refractivity (Wildman–Crippen MR) is 58.9 cm³/mol. The monoisotopic (exact) mass is 237 g/mol. The lowest BCUT2D eigenvalue weighted by atomic mass is 10.3. The summed E-state index contributed by atoms with van der Waals surface area (Å²) in [5.74, 6) is 0. The Kier molecular flexibility index (Phi) is 4.76. The Balaban J connectivity index is 0.000000213. The van der Waals surface area contributed by atoms with Gasteiger partial charge in [-0.25, -0.2) is 4.98 Å². The molecule has 1 nitrogen and oxygen atoms in total. The second-order valence-electron chi connectivity index (χ2n) is 1.88. The number of aromatic nitrogens is 1. The summed E-state index contributed by atoms with van der Waals surface area (Å²) in [5.41, 5.74) is 2.97. The van der Waals surface area contributed by atoms with E-state index in [0.29, 0.717) is 10.2 Å². The van der Waals surface area contributed by atoms with E-state index in [-0.39, 0.29) is 0 Å². The molecule has 0 aliphatic carbocycles. The SMILES string of the molecule is ClSCl.c1ccc2scnc2c1. The molecule has 0 aliphatic rings. The second kappa shape index (κ2) is 5.65. The van der Waals surface area contributed by atoms with E-state index in [1.165, 1.54) is 4.70 Å². The van der Waals surface area contributed by atoms with Gasteiger partial charge in [-0.3, -0.25) is 0 Å². The summed E-state index contributed by atoms with van der Waals surface area (Å²) in [6, 6.07) is 8.13. The van der Waals surface area contributed by atoms with E-state index >= 15 is 0 Å². The molecular formula is C7H5Cl2NS2. The summed E-state index contributed by atoms with van der Waals surface area (Å²) < 4.78 is 1.26. The smallest absolute Gasteiger partial charge is 0.0812 e. The molecule has 2 aromatic rings. The van der Waals surface area contributed by atoms with Crippen molar-refractivity contribution in [1.29, 1.82) is 0 Å². The molecule has 1 aromatic heterocycles. The first-order valence-corrected chi connectivity index (χ1v) is 6.41. The Morgan fingerprint density at radius 2 is 1.92 bits per heavy atom. The van der Waals surface area contributed by atoms with Gasteiger partial charge in [0.1, 0.15) is 0 Å². The Labute approximate surface area is 87.7 Å². The van der Waals surface area contributed by atoms with Crippen molar-refractivity contribution < 1.29 is 0 Å². The maximum Gasteiger partial charge on any atom is 0.0812 e. The molecule has 5 heteroatoms. The zero-order chi connectivity index (χ0) is 8.81. The molecule has 0 aliphatic heterocycles. The molecule has 0 fully saturated rings. The van der Waals surface area contributed by atoms with Crippen LogP contribution in [0, 0.1) is 0 Å². The van der Waals surface area contributed by atoms with Gasteiger partial charge in [-0.05, 0) is 33.5 Å². The number of hydrogen-bond donors (Lipinski definition) is 0. The molecule has 0 atom stereocenters. The third kappa shape index (κ3) is 2.83. The standard InChI is InChI=1S/C7H5NS.Cl2S/c1-2-4-7-6(3-1)8-5-9-7;1-3-2/h1-5H;. The topological polar surface area (TPSA) is 12.9 Å². The molecular weight excluding hydrogens is 233 g/mol. The third-order valence-electron chi connectivity index (χ3n) is 1.24. The number of thiazole rings is 1. The van der Waals surface area contributed by atoms with Crippen molar-refractivity contribution in [3.05, 3.63) is 29.8 Å². The van der Waals surface area contributed by atoms with Gasteiger partial charge >= 0.3 is 0 Å². The molecule has 0 radical (unpaired) electrons. The van der Waals surface area contributed by atoms with Gasteiger partial charge in [0.2, 0.25) is 0 Å². The number of nitrogens with zero attached hydrogens (tertiary/aromatic N) is 1. The second-order valence-corrected chi connectivity index (χ2v) is 4.28. The average molecular weight is 238 g/mol. The van der Waals surface area contributed by atoms with Crippen LogP contribution in [0.25, 0.3) is 10.2 Å². The molecule has 2 rings (SSSR count). The lowest BCUT2D eigenvalue weighted by Gasteiger charge is -1.80. The van der Waals surface area contributed by atoms with Crippen molar-refractivity contribution in [1.82, 2.24) is 4.98 Å². The van der Waals surface area contributed by atoms with Crippen molar-refractivity contribution in [3.8, 4) is 0 Å². The fraction of sp³-hybridized carbons (Fsp3) is 0. The van der Waals surface area contributed by atoms with E-state index in [1.807, 2.05) is 23.7 Å². The predicted octanol–water partition coefficient (Wildman–Crippen LogP) is 4.32. The first-order valence-electron chi connectivity index (χ1n) is 3.06. The van der Waals surface area contributed by atoms with E-state index in [2.05, 4.69) is 32.4 Å². The van der Waals surface area contributed by atoms with Crippen LogP contribution in [0.15, 0.2) is 29.8 Å². The van der Waals surface area contributed by atoms with E-state index in [1.54, 1.807) is 11.3 Å². The van der Waals surface area contributed by atoms with Crippen molar-refractivity contribution in [2.75, 3.05) is 0 Å². The molecule has 64 valence electrons. The van der Waals surface area contributed by atoms with Gasteiger partial charge < -0.3 is 0 Å². The van der Waals surface area contributed by atoms with E-state index in [4.69, 9.17) is 0 Å². The van der Waals surface area contributed by atoms with Crippen LogP contribution in [0.5, 0.6) is 0 Å². The van der Waals surface area contributed by atoms with Gasteiger partial charge in [0.15, 0.2) is 0 Å². The summed E-state index contributed by atoms with van der Waals surface area (Å²) >= 11 is 1.68. The van der Waals surface area contributed by atoms with E-state index in [9.17, 15) is 0 Å². The number of fused-ring (bicyclic) bond motifs is 1. The fourth-order valence-electron chi connectivity index (χ4n) is 0.803. The van der Waals surface area contributed by atoms with Crippen LogP contribution in [0.1, 0.15) is 0 Å². The van der Waals surface area contributed by atoms with Gasteiger partial charge in [-0.1, -0.05) is 12.1 Å². The molecule has 0 saturated heterocycles. The molecule has 1 heterocycles. The maximum absolute atomic E-state index is 4.68. The minimum Gasteiger partial charge on any atom is -0.245 e. The number of benzene rings is 1. The quantitative estimate of drug-likeness (QED) is 0.677. The molecule has 0 bridgehead atoms. The zero-order valence-corrected chi connectivity index (χ0v) is 9.05. The van der Waals surface area contributed by atoms with Gasteiger partial charge in [0.05, 0.1) is 25.9 Å². The lowest BCUT2D eigenvalue weighted by molar-refractivity contribution is 1.50. The van der Waals surface area contributed by atoms with Crippen LogP contribution in [0.4, 0.5) is 0 Å². The molecule has 0 spiro atoms. The van der Waals surface area contributed by atoms with Crippen LogP contribution in [0.2, 0.25) is 0 Å². The van der Waals surface area contributed by atoms with Crippen molar-refractivity contribution in [2.24, 2.45) is 0 Å². The van der Waals surface area contributed by atoms with Gasteiger partial charge in [0.25, 0.3) is 0 Å². The molecule has 0 saturated carbocycles. The Hall–Kier alpha value is 0.0400. The Morgan fingerprint density at radius 1 is 1.25 bits per heavy atom. The highest BCUT2D eigenvalue weighted by Gasteiger charge is 1.89. The molecule has 0 N–H and O–H groups in total. The summed E-state index contributed by atoms with van der Waals surface area (Å²) in [5, 5.41) is 0. The first kappa shape index (κ1) is 10.1. The van der Waals surface area contributed by atoms with Crippen LogP contribution < -0.4 is 0 Å². The largest absolute Gasteiger partial charge is 0.245 e. The minimum atomic E-state index is 0.694. The summed E-state index contributed by atoms with van der Waals surface area (Å²) in [6.45, 7) is 0. The first-order chi connectivity index (χ1) is 5.88. The van der Waals surface area contributed by atoms with Crippen LogP contribution in [0.3, 0.4) is 0 Å². The molecule has 12 heavy (non-hydrogen) atoms. The van der Waals surface area contributed by atoms with E-state index in [0.717, 1.165) is 5.52 Å². The number of rotatable bonds is 0. The molecule has 0 unspecified atom stereocenters. The summed E-state index contributed by atoms with van der Waals surface area (Å²) in [6.07, 6.45) is 0. The normalized spacial score (nSPS) is 9.17. The van der Waals surface area contributed by atoms with Crippen LogP contribution in [-0.2, 0) is 0 Å². The lowest BCUT2D eigenvalue weighted by Crippen LogP contribution is -1.61. The average Bonchev–Trinajstić information content (AvgIpc) is 2.52. The highest BCUT2D eigenvalue weighted by Crippen LogP contribution is 2.15. The number of hydrogen-bond acceptors (Lipinski definition) is 3. The molecule has 1 aromatic carbocycles. The maximum atomic E-state index is 4.68. The minimum absolute atomic E-state index is 0.694. The fourth-order valence-corrected chi connectivity index (χ4v) is 1.48. The van der Waals surface area contributed by atoms with Gasteiger partial charge in [-0.15, -0.1) is 11.3 Å².